The number of thiophene rings is 1. The lowest BCUT2D eigenvalue weighted by atomic mass is 9.91. The summed E-state index contributed by atoms with van der Waals surface area (Å²) in [6.07, 6.45) is 3.09. The van der Waals surface area contributed by atoms with Gasteiger partial charge in [-0.3, -0.25) is 4.79 Å². The molecule has 0 unspecified atom stereocenters. The molecule has 0 aliphatic carbocycles. The van der Waals surface area contributed by atoms with Crippen LogP contribution in [0.3, 0.4) is 0 Å². The van der Waals surface area contributed by atoms with Crippen molar-refractivity contribution in [2.75, 3.05) is 11.5 Å². The van der Waals surface area contributed by atoms with E-state index in [-0.39, 0.29) is 17.4 Å². The first-order chi connectivity index (χ1) is 14.8. The summed E-state index contributed by atoms with van der Waals surface area (Å²) in [5.41, 5.74) is 9.81. The zero-order valence-electron chi connectivity index (χ0n) is 16.8. The minimum atomic E-state index is -2.94. The van der Waals surface area contributed by atoms with E-state index >= 15 is 0 Å². The van der Waals surface area contributed by atoms with Gasteiger partial charge in [0, 0.05) is 21.8 Å². The number of nitrogens with one attached hydrogen (secondary N) is 1. The van der Waals surface area contributed by atoms with Gasteiger partial charge in [-0.05, 0) is 61.1 Å². The number of carbonyl (C=O) groups is 1. The van der Waals surface area contributed by atoms with Gasteiger partial charge in [-0.2, -0.15) is 0 Å². The number of benzene rings is 1. The number of carbonyl (C=O) groups excluding carboxylic acids is 1. The first-order valence-electron chi connectivity index (χ1n) is 9.99. The van der Waals surface area contributed by atoms with Gasteiger partial charge < -0.3 is 10.7 Å². The van der Waals surface area contributed by atoms with E-state index in [1.54, 1.807) is 22.7 Å². The Morgan fingerprint density at radius 1 is 1.19 bits per heavy atom. The number of nitrogens with two attached hydrogens (primary N) is 1. The van der Waals surface area contributed by atoms with Crippen molar-refractivity contribution in [1.29, 1.82) is 0 Å². The number of rotatable bonds is 4. The van der Waals surface area contributed by atoms with E-state index in [2.05, 4.69) is 16.0 Å². The zero-order chi connectivity index (χ0) is 21.8. The SMILES string of the molecule is Cc1nc(-c2ccc(-c3cc(C(N)=O)c4[nH]cc(C5CCS(=O)(=O)CC5)c4c3)s2)cs1. The molecule has 1 aliphatic rings. The van der Waals surface area contributed by atoms with Crippen LogP contribution in [0.1, 0.15) is 39.7 Å². The fourth-order valence-corrected chi connectivity index (χ4v) is 7.37. The summed E-state index contributed by atoms with van der Waals surface area (Å²) < 4.78 is 23.7. The monoisotopic (exact) mass is 471 g/mol. The average molecular weight is 472 g/mol. The quantitative estimate of drug-likeness (QED) is 0.449. The zero-order valence-corrected chi connectivity index (χ0v) is 19.3. The molecular weight excluding hydrogens is 450 g/mol. The van der Waals surface area contributed by atoms with Crippen LogP contribution in [0.25, 0.3) is 31.9 Å². The third-order valence-electron chi connectivity index (χ3n) is 5.84. The van der Waals surface area contributed by atoms with Crippen LogP contribution in [0, 0.1) is 6.92 Å². The maximum absolute atomic E-state index is 12.2. The Hall–Kier alpha value is -2.49. The fraction of sp³-hybridized carbons (Fsp3) is 0.273. The summed E-state index contributed by atoms with van der Waals surface area (Å²) in [7, 11) is -2.94. The van der Waals surface area contributed by atoms with Crippen LogP contribution in [-0.4, -0.2) is 35.8 Å². The second-order valence-electron chi connectivity index (χ2n) is 7.90. The molecule has 3 aromatic heterocycles. The molecule has 1 amide bonds. The van der Waals surface area contributed by atoms with Crippen molar-refractivity contribution in [3.8, 4) is 21.0 Å². The Morgan fingerprint density at radius 3 is 2.61 bits per heavy atom. The summed E-state index contributed by atoms with van der Waals surface area (Å²) in [4.78, 5) is 22.1. The molecule has 5 rings (SSSR count). The Kier molecular flexibility index (Phi) is 4.99. The minimum absolute atomic E-state index is 0.144. The largest absolute Gasteiger partial charge is 0.366 e. The standard InChI is InChI=1S/C22H21N3O3S3/c1-12-25-18(11-29-12)20-3-2-19(30-20)14-8-15-17(13-4-6-31(27,28)7-5-13)10-24-21(15)16(9-14)22(23)26/h2-3,8-11,13,24H,4-7H2,1H3,(H2,23,26). The van der Waals surface area contributed by atoms with Crippen molar-refractivity contribution in [3.63, 3.8) is 0 Å². The summed E-state index contributed by atoms with van der Waals surface area (Å²) in [5.74, 6) is 0.0609. The Balaban J connectivity index is 1.59. The molecule has 0 atom stereocenters. The van der Waals surface area contributed by atoms with Gasteiger partial charge in [0.05, 0.1) is 38.2 Å². The van der Waals surface area contributed by atoms with E-state index < -0.39 is 15.7 Å². The van der Waals surface area contributed by atoms with Gasteiger partial charge in [0.15, 0.2) is 0 Å². The normalized spacial score (nSPS) is 16.7. The molecule has 4 heterocycles. The molecule has 1 aromatic carbocycles. The first kappa shape index (κ1) is 20.4. The van der Waals surface area contributed by atoms with Crippen molar-refractivity contribution in [3.05, 3.63) is 52.0 Å². The molecule has 1 fully saturated rings. The molecule has 160 valence electrons. The lowest BCUT2D eigenvalue weighted by Gasteiger charge is -2.21. The highest BCUT2D eigenvalue weighted by atomic mass is 32.2. The van der Waals surface area contributed by atoms with E-state index in [1.165, 1.54) is 0 Å². The van der Waals surface area contributed by atoms with Crippen LogP contribution < -0.4 is 5.73 Å². The number of H-pyrrole nitrogens is 1. The molecule has 0 bridgehead atoms. The molecule has 31 heavy (non-hydrogen) atoms. The van der Waals surface area contributed by atoms with Gasteiger partial charge in [-0.1, -0.05) is 0 Å². The number of fused-ring (bicyclic) bond motifs is 1. The molecule has 0 saturated carbocycles. The highest BCUT2D eigenvalue weighted by Crippen LogP contribution is 2.40. The number of amides is 1. The maximum Gasteiger partial charge on any atom is 0.250 e. The maximum atomic E-state index is 12.2. The van der Waals surface area contributed by atoms with Gasteiger partial charge in [0.1, 0.15) is 9.84 Å². The van der Waals surface area contributed by atoms with Crippen LogP contribution >= 0.6 is 22.7 Å². The molecule has 1 aliphatic heterocycles. The summed E-state index contributed by atoms with van der Waals surface area (Å²) in [5, 5.41) is 4.01. The third-order valence-corrected chi connectivity index (χ3v) is 9.49. The van der Waals surface area contributed by atoms with Crippen molar-refractivity contribution >= 4 is 49.3 Å². The molecule has 9 heteroatoms. The Morgan fingerprint density at radius 2 is 1.94 bits per heavy atom. The number of aromatic nitrogens is 2. The van der Waals surface area contributed by atoms with Gasteiger partial charge in [0.2, 0.25) is 0 Å². The number of aryl methyl sites for hydroxylation is 1. The highest BCUT2D eigenvalue weighted by molar-refractivity contribution is 7.91. The lowest BCUT2D eigenvalue weighted by Crippen LogP contribution is -2.22. The molecule has 4 aromatic rings. The van der Waals surface area contributed by atoms with Crippen molar-refractivity contribution in [2.24, 2.45) is 5.73 Å². The summed E-state index contributed by atoms with van der Waals surface area (Å²) in [6, 6.07) is 8.00. The van der Waals surface area contributed by atoms with Crippen LogP contribution in [0.15, 0.2) is 35.8 Å². The number of hydrogen-bond acceptors (Lipinski definition) is 6. The van der Waals surface area contributed by atoms with Crippen LogP contribution in [0.2, 0.25) is 0 Å². The van der Waals surface area contributed by atoms with Gasteiger partial charge in [0.25, 0.3) is 5.91 Å². The smallest absolute Gasteiger partial charge is 0.250 e. The van der Waals surface area contributed by atoms with Crippen LogP contribution in [0.5, 0.6) is 0 Å². The second-order valence-corrected chi connectivity index (χ2v) is 12.3. The molecule has 6 nitrogen and oxygen atoms in total. The van der Waals surface area contributed by atoms with Gasteiger partial charge >= 0.3 is 0 Å². The molecule has 0 spiro atoms. The van der Waals surface area contributed by atoms with Gasteiger partial charge in [-0.15, -0.1) is 22.7 Å². The number of hydrogen-bond donors (Lipinski definition) is 2. The van der Waals surface area contributed by atoms with E-state index in [1.807, 2.05) is 36.7 Å². The second kappa shape index (κ2) is 7.58. The third kappa shape index (κ3) is 3.81. The predicted octanol–water partition coefficient (Wildman–Crippen LogP) is 4.72. The minimum Gasteiger partial charge on any atom is -0.366 e. The lowest BCUT2D eigenvalue weighted by molar-refractivity contribution is 0.100. The number of thiazole rings is 1. The van der Waals surface area contributed by atoms with Gasteiger partial charge in [-0.25, -0.2) is 13.4 Å². The molecular formula is C22H21N3O3S3. The van der Waals surface area contributed by atoms with Crippen molar-refractivity contribution < 1.29 is 13.2 Å². The molecule has 1 saturated heterocycles. The van der Waals surface area contributed by atoms with E-state index in [0.717, 1.165) is 37.0 Å². The molecule has 0 radical (unpaired) electrons. The number of sulfone groups is 1. The Labute approximate surface area is 188 Å². The fourth-order valence-electron chi connectivity index (χ4n) is 4.24. The average Bonchev–Trinajstić information content (AvgIpc) is 3.46. The van der Waals surface area contributed by atoms with Crippen molar-refractivity contribution in [1.82, 2.24) is 9.97 Å². The van der Waals surface area contributed by atoms with Crippen LogP contribution in [0.4, 0.5) is 0 Å². The highest BCUT2D eigenvalue weighted by Gasteiger charge is 2.27. The summed E-state index contributed by atoms with van der Waals surface area (Å²) >= 11 is 3.25. The van der Waals surface area contributed by atoms with E-state index in [4.69, 9.17) is 5.73 Å². The topological polar surface area (TPSA) is 106 Å². The Bertz CT molecular complexity index is 1400. The number of nitrogens with zero attached hydrogens (tertiary/aromatic N) is 1. The van der Waals surface area contributed by atoms with Crippen LogP contribution in [-0.2, 0) is 9.84 Å². The van der Waals surface area contributed by atoms with Crippen molar-refractivity contribution in [2.45, 2.75) is 25.7 Å². The summed E-state index contributed by atoms with van der Waals surface area (Å²) in [6.45, 7) is 1.99. The first-order valence-corrected chi connectivity index (χ1v) is 13.5. The number of aromatic amines is 1. The predicted molar refractivity (Wildman–Crippen MR) is 127 cm³/mol. The molecule has 3 N–H and O–H groups in total. The van der Waals surface area contributed by atoms with E-state index in [9.17, 15) is 13.2 Å². The number of primary amides is 1. The van der Waals surface area contributed by atoms with E-state index in [0.29, 0.717) is 23.9 Å².